The molecule has 8 nitrogen and oxygen atoms in total. The zero-order valence-electron chi connectivity index (χ0n) is 19.7. The summed E-state index contributed by atoms with van der Waals surface area (Å²) in [7, 11) is 2.75. The van der Waals surface area contributed by atoms with E-state index in [0.717, 1.165) is 47.0 Å². The Bertz CT molecular complexity index is 1320. The minimum atomic E-state index is -3.56. The number of methoxy groups -OCH3 is 2. The molecule has 0 unspecified atom stereocenters. The molecule has 1 aromatic heterocycles. The molecule has 1 aliphatic heterocycles. The number of sulfonamides is 1. The summed E-state index contributed by atoms with van der Waals surface area (Å²) in [5, 5.41) is 2.03. The Labute approximate surface area is 204 Å². The molecule has 0 N–H and O–H groups in total. The van der Waals surface area contributed by atoms with Crippen molar-refractivity contribution >= 4 is 27.0 Å². The first-order chi connectivity index (χ1) is 16.3. The number of ether oxygens (including phenoxy) is 3. The Hall–Kier alpha value is -2.66. The summed E-state index contributed by atoms with van der Waals surface area (Å²) in [6.07, 6.45) is 2.10. The lowest BCUT2D eigenvalue weighted by Crippen LogP contribution is -2.24. The third kappa shape index (κ3) is 5.05. The quantitative estimate of drug-likeness (QED) is 0.466. The minimum absolute atomic E-state index is 0.0874. The van der Waals surface area contributed by atoms with E-state index in [0.29, 0.717) is 12.2 Å². The highest BCUT2D eigenvalue weighted by Gasteiger charge is 2.21. The molecule has 0 radical (unpaired) electrons. The molecule has 1 aliphatic rings. The average molecular weight is 504 g/mol. The van der Waals surface area contributed by atoms with Gasteiger partial charge in [0.2, 0.25) is 10.0 Å². The van der Waals surface area contributed by atoms with Crippen LogP contribution in [0.2, 0.25) is 0 Å². The van der Waals surface area contributed by atoms with Crippen molar-refractivity contribution in [3.8, 4) is 22.8 Å². The van der Waals surface area contributed by atoms with Crippen LogP contribution in [0.15, 0.2) is 57.7 Å². The van der Waals surface area contributed by atoms with Gasteiger partial charge in [-0.2, -0.15) is 0 Å². The maximum atomic E-state index is 12.6. The van der Waals surface area contributed by atoms with Gasteiger partial charge in [-0.15, -0.1) is 11.3 Å². The normalized spacial score (nSPS) is 16.9. The number of benzene rings is 2. The Morgan fingerprint density at radius 1 is 1.18 bits per heavy atom. The van der Waals surface area contributed by atoms with Crippen molar-refractivity contribution < 1.29 is 22.6 Å². The van der Waals surface area contributed by atoms with E-state index in [9.17, 15) is 8.42 Å². The van der Waals surface area contributed by atoms with Gasteiger partial charge in [0.1, 0.15) is 11.5 Å². The molecule has 2 heterocycles. The second kappa shape index (κ2) is 10.3. The van der Waals surface area contributed by atoms with Crippen LogP contribution in [-0.4, -0.2) is 58.3 Å². The fraction of sp³-hybridized carbons (Fsp3) is 0.375. The first-order valence-electron chi connectivity index (χ1n) is 10.9. The molecule has 0 aliphatic carbocycles. The van der Waals surface area contributed by atoms with Crippen molar-refractivity contribution in [1.29, 1.82) is 0 Å². The zero-order valence-corrected chi connectivity index (χ0v) is 21.4. The van der Waals surface area contributed by atoms with Crippen molar-refractivity contribution in [2.45, 2.75) is 30.4 Å². The maximum absolute atomic E-state index is 12.6. The second-order valence-corrected chi connectivity index (χ2v) is 11.1. The van der Waals surface area contributed by atoms with Gasteiger partial charge in [-0.25, -0.2) is 17.7 Å². The number of hydrogen-bond donors (Lipinski definition) is 0. The van der Waals surface area contributed by atoms with Crippen molar-refractivity contribution in [2.75, 3.05) is 34.9 Å². The van der Waals surface area contributed by atoms with Gasteiger partial charge in [-0.05, 0) is 49.2 Å². The highest BCUT2D eigenvalue weighted by Crippen LogP contribution is 2.34. The van der Waals surface area contributed by atoms with Gasteiger partial charge in [0, 0.05) is 31.6 Å². The smallest absolute Gasteiger partial charge is 0.242 e. The van der Waals surface area contributed by atoms with Crippen LogP contribution in [0.3, 0.4) is 0 Å². The fourth-order valence-corrected chi connectivity index (χ4v) is 5.72. The molecule has 34 heavy (non-hydrogen) atoms. The third-order valence-electron chi connectivity index (χ3n) is 5.71. The van der Waals surface area contributed by atoms with E-state index in [1.54, 1.807) is 38.5 Å². The van der Waals surface area contributed by atoms with Crippen molar-refractivity contribution in [3.63, 3.8) is 0 Å². The van der Waals surface area contributed by atoms with Gasteiger partial charge in [0.15, 0.2) is 4.80 Å². The monoisotopic (exact) mass is 503 g/mol. The van der Waals surface area contributed by atoms with Crippen LogP contribution in [0.4, 0.5) is 5.69 Å². The maximum Gasteiger partial charge on any atom is 0.242 e. The Morgan fingerprint density at radius 2 is 2.00 bits per heavy atom. The van der Waals surface area contributed by atoms with E-state index in [-0.39, 0.29) is 11.0 Å². The summed E-state index contributed by atoms with van der Waals surface area (Å²) in [5.41, 5.74) is 2.39. The molecular formula is C24H29N3O5S2. The van der Waals surface area contributed by atoms with Gasteiger partial charge in [0.25, 0.3) is 0 Å². The molecule has 1 fully saturated rings. The number of hydrogen-bond acceptors (Lipinski definition) is 7. The van der Waals surface area contributed by atoms with Gasteiger partial charge in [0.05, 0.1) is 43.1 Å². The Morgan fingerprint density at radius 3 is 2.68 bits per heavy atom. The van der Waals surface area contributed by atoms with Gasteiger partial charge < -0.3 is 18.8 Å². The van der Waals surface area contributed by atoms with Gasteiger partial charge >= 0.3 is 0 Å². The molecule has 0 amide bonds. The minimum Gasteiger partial charge on any atom is -0.497 e. The predicted molar refractivity (Wildman–Crippen MR) is 132 cm³/mol. The topological polar surface area (TPSA) is 82.4 Å². The van der Waals surface area contributed by atoms with E-state index in [1.165, 1.54) is 29.7 Å². The molecule has 2 aromatic carbocycles. The largest absolute Gasteiger partial charge is 0.497 e. The standard InChI is InChI=1S/C24H29N3O5S2/c1-26(2)34(28,29)20-9-5-7-17(13-20)25-24-27(15-19-8-6-12-32-19)22(16-33-24)21-14-18(30-3)10-11-23(21)31-4/h5,7,9-11,13-14,16,19H,6,8,12,15H2,1-4H3/t19-/m0/s1. The molecule has 182 valence electrons. The van der Waals surface area contributed by atoms with E-state index in [4.69, 9.17) is 19.2 Å². The molecule has 4 rings (SSSR count). The van der Waals surface area contributed by atoms with Crippen LogP contribution in [-0.2, 0) is 21.3 Å². The van der Waals surface area contributed by atoms with E-state index < -0.39 is 10.0 Å². The number of thiazole rings is 1. The van der Waals surface area contributed by atoms with Crippen LogP contribution in [0.25, 0.3) is 11.3 Å². The number of aromatic nitrogens is 1. The van der Waals surface area contributed by atoms with E-state index in [1.807, 2.05) is 23.6 Å². The summed E-state index contributed by atoms with van der Waals surface area (Å²) >= 11 is 1.49. The summed E-state index contributed by atoms with van der Waals surface area (Å²) in [6.45, 7) is 1.39. The molecule has 1 saturated heterocycles. The SMILES string of the molecule is COc1ccc(OC)c(-c2csc(=Nc3cccc(S(=O)(=O)N(C)C)c3)n2C[C@@H]2CCCO2)c1. The first kappa shape index (κ1) is 24.5. The summed E-state index contributed by atoms with van der Waals surface area (Å²) in [4.78, 5) is 5.78. The van der Waals surface area contributed by atoms with Crippen LogP contribution >= 0.6 is 11.3 Å². The summed E-state index contributed by atoms with van der Waals surface area (Å²) < 4.78 is 45.5. The van der Waals surface area contributed by atoms with Gasteiger partial charge in [-0.1, -0.05) is 6.07 Å². The molecule has 1 atom stereocenters. The van der Waals surface area contributed by atoms with Crippen molar-refractivity contribution in [1.82, 2.24) is 8.87 Å². The van der Waals surface area contributed by atoms with E-state index >= 15 is 0 Å². The molecule has 0 spiro atoms. The Kier molecular flexibility index (Phi) is 7.42. The molecular weight excluding hydrogens is 474 g/mol. The number of nitrogens with zero attached hydrogens (tertiary/aromatic N) is 3. The predicted octanol–water partition coefficient (Wildman–Crippen LogP) is 3.90. The molecule has 0 saturated carbocycles. The highest BCUT2D eigenvalue weighted by atomic mass is 32.2. The Balaban J connectivity index is 1.85. The number of rotatable bonds is 8. The molecule has 3 aromatic rings. The van der Waals surface area contributed by atoms with Crippen LogP contribution in [0, 0.1) is 0 Å². The first-order valence-corrected chi connectivity index (χ1v) is 13.2. The van der Waals surface area contributed by atoms with Crippen molar-refractivity contribution in [3.05, 3.63) is 52.6 Å². The second-order valence-electron chi connectivity index (χ2n) is 8.11. The third-order valence-corrected chi connectivity index (χ3v) is 8.39. The fourth-order valence-electron chi connectivity index (χ4n) is 3.85. The van der Waals surface area contributed by atoms with Crippen LogP contribution in [0.1, 0.15) is 12.8 Å². The summed E-state index contributed by atoms with van der Waals surface area (Å²) in [5.74, 6) is 1.45. The highest BCUT2D eigenvalue weighted by molar-refractivity contribution is 7.89. The van der Waals surface area contributed by atoms with Crippen molar-refractivity contribution in [2.24, 2.45) is 4.99 Å². The summed E-state index contributed by atoms with van der Waals surface area (Å²) in [6, 6.07) is 12.4. The molecule has 0 bridgehead atoms. The van der Waals surface area contributed by atoms with Gasteiger partial charge in [-0.3, -0.25) is 0 Å². The van der Waals surface area contributed by atoms with Crippen LogP contribution in [0.5, 0.6) is 11.5 Å². The average Bonchev–Trinajstić information content (AvgIpc) is 3.49. The lowest BCUT2D eigenvalue weighted by Gasteiger charge is -2.16. The molecule has 10 heteroatoms. The van der Waals surface area contributed by atoms with Crippen LogP contribution < -0.4 is 14.3 Å². The zero-order chi connectivity index (χ0) is 24.3. The van der Waals surface area contributed by atoms with E-state index in [2.05, 4.69) is 4.57 Å². The lowest BCUT2D eigenvalue weighted by atomic mass is 10.1. The lowest BCUT2D eigenvalue weighted by molar-refractivity contribution is 0.0968.